The Morgan fingerprint density at radius 3 is 2.74 bits per heavy atom. The van der Waals surface area contributed by atoms with E-state index in [-0.39, 0.29) is 5.56 Å². The normalized spacial score (nSPS) is 10.3. The Hall–Kier alpha value is -2.23. The summed E-state index contributed by atoms with van der Waals surface area (Å²) in [4.78, 5) is 16.0. The maximum Gasteiger partial charge on any atom is 0.254 e. The van der Waals surface area contributed by atoms with E-state index in [2.05, 4.69) is 10.3 Å². The highest BCUT2D eigenvalue weighted by Gasteiger charge is 2.12. The highest BCUT2D eigenvalue weighted by Crippen LogP contribution is 2.11. The monoisotopic (exact) mass is 258 g/mol. The van der Waals surface area contributed by atoms with Crippen LogP contribution in [0.2, 0.25) is 0 Å². The third kappa shape index (κ3) is 3.16. The zero-order valence-electron chi connectivity index (χ0n) is 10.9. The Morgan fingerprint density at radius 2 is 2.05 bits per heavy atom. The molecule has 0 radical (unpaired) electrons. The molecule has 0 fully saturated rings. The van der Waals surface area contributed by atoms with E-state index in [1.807, 2.05) is 19.1 Å². The van der Waals surface area contributed by atoms with E-state index in [0.717, 1.165) is 11.3 Å². The van der Waals surface area contributed by atoms with Crippen molar-refractivity contribution in [1.82, 2.24) is 10.3 Å². The molecule has 0 saturated heterocycles. The third-order valence-corrected chi connectivity index (χ3v) is 2.86. The van der Waals surface area contributed by atoms with Gasteiger partial charge in [-0.05, 0) is 37.1 Å². The first kappa shape index (κ1) is 13.2. The van der Waals surface area contributed by atoms with Crippen molar-refractivity contribution in [3.05, 3.63) is 64.7 Å². The van der Waals surface area contributed by atoms with Crippen LogP contribution in [-0.2, 0) is 6.54 Å². The van der Waals surface area contributed by atoms with E-state index in [4.69, 9.17) is 0 Å². The summed E-state index contributed by atoms with van der Waals surface area (Å²) >= 11 is 0. The zero-order valence-corrected chi connectivity index (χ0v) is 10.9. The van der Waals surface area contributed by atoms with Crippen molar-refractivity contribution in [3.8, 4) is 0 Å². The lowest BCUT2D eigenvalue weighted by atomic mass is 10.1. The Balaban J connectivity index is 2.05. The SMILES string of the molecule is Cc1ccc(CNC(=O)c2cccc(C)c2F)cn1. The molecule has 1 amide bonds. The lowest BCUT2D eigenvalue weighted by molar-refractivity contribution is 0.0946. The summed E-state index contributed by atoms with van der Waals surface area (Å²) < 4.78 is 13.8. The van der Waals surface area contributed by atoms with Gasteiger partial charge in [-0.3, -0.25) is 9.78 Å². The summed E-state index contributed by atoms with van der Waals surface area (Å²) in [6.07, 6.45) is 1.70. The second kappa shape index (κ2) is 5.61. The standard InChI is InChI=1S/C15H15FN2O/c1-10-4-3-5-13(14(10)16)15(19)18-9-12-7-6-11(2)17-8-12/h3-8H,9H2,1-2H3,(H,18,19). The number of nitrogens with zero attached hydrogens (tertiary/aromatic N) is 1. The number of hydrogen-bond acceptors (Lipinski definition) is 2. The van der Waals surface area contributed by atoms with Crippen LogP contribution in [0.25, 0.3) is 0 Å². The Kier molecular flexibility index (Phi) is 3.90. The fourth-order valence-corrected chi connectivity index (χ4v) is 1.70. The molecule has 4 heteroatoms. The second-order valence-corrected chi connectivity index (χ2v) is 4.43. The van der Waals surface area contributed by atoms with Gasteiger partial charge in [0.05, 0.1) is 5.56 Å². The van der Waals surface area contributed by atoms with Gasteiger partial charge in [0.1, 0.15) is 5.82 Å². The largest absolute Gasteiger partial charge is 0.348 e. The maximum atomic E-state index is 13.8. The van der Waals surface area contributed by atoms with Crippen LogP contribution in [0.1, 0.15) is 27.2 Å². The predicted octanol–water partition coefficient (Wildman–Crippen LogP) is 2.77. The molecule has 0 bridgehead atoms. The molecular formula is C15H15FN2O. The molecule has 0 aliphatic carbocycles. The lowest BCUT2D eigenvalue weighted by Gasteiger charge is -2.07. The number of rotatable bonds is 3. The molecule has 1 aromatic heterocycles. The smallest absolute Gasteiger partial charge is 0.254 e. The van der Waals surface area contributed by atoms with Crippen LogP contribution < -0.4 is 5.32 Å². The van der Waals surface area contributed by atoms with Crippen LogP contribution in [0.4, 0.5) is 4.39 Å². The van der Waals surface area contributed by atoms with Crippen LogP contribution in [0.15, 0.2) is 36.5 Å². The number of halogens is 1. The minimum atomic E-state index is -0.470. The molecule has 0 aliphatic heterocycles. The van der Waals surface area contributed by atoms with Crippen LogP contribution in [0.3, 0.4) is 0 Å². The van der Waals surface area contributed by atoms with Gasteiger partial charge in [0.15, 0.2) is 0 Å². The summed E-state index contributed by atoms with van der Waals surface area (Å²) in [6.45, 7) is 3.86. The van der Waals surface area contributed by atoms with Gasteiger partial charge in [-0.1, -0.05) is 18.2 Å². The minimum Gasteiger partial charge on any atom is -0.348 e. The summed E-state index contributed by atoms with van der Waals surface area (Å²) in [5.74, 6) is -0.885. The molecule has 0 atom stereocenters. The number of aryl methyl sites for hydroxylation is 2. The quantitative estimate of drug-likeness (QED) is 0.919. The maximum absolute atomic E-state index is 13.8. The van der Waals surface area contributed by atoms with Crippen molar-refractivity contribution in [2.75, 3.05) is 0 Å². The average molecular weight is 258 g/mol. The average Bonchev–Trinajstić information content (AvgIpc) is 2.41. The molecule has 1 aromatic carbocycles. The third-order valence-electron chi connectivity index (χ3n) is 2.86. The summed E-state index contributed by atoms with van der Waals surface area (Å²) in [5.41, 5.74) is 2.33. The van der Waals surface area contributed by atoms with Gasteiger partial charge in [-0.25, -0.2) is 4.39 Å². The topological polar surface area (TPSA) is 42.0 Å². The second-order valence-electron chi connectivity index (χ2n) is 4.43. The van der Waals surface area contributed by atoms with Gasteiger partial charge in [0.2, 0.25) is 0 Å². The molecule has 19 heavy (non-hydrogen) atoms. The van der Waals surface area contributed by atoms with Crippen LogP contribution in [0, 0.1) is 19.7 Å². The highest BCUT2D eigenvalue weighted by molar-refractivity contribution is 5.94. The van der Waals surface area contributed by atoms with Gasteiger partial charge in [-0.2, -0.15) is 0 Å². The van der Waals surface area contributed by atoms with E-state index in [1.54, 1.807) is 25.3 Å². The van der Waals surface area contributed by atoms with Crippen LogP contribution in [-0.4, -0.2) is 10.9 Å². The molecule has 0 spiro atoms. The molecule has 2 aromatic rings. The van der Waals surface area contributed by atoms with Gasteiger partial charge in [0, 0.05) is 18.4 Å². The van der Waals surface area contributed by atoms with Crippen molar-refractivity contribution in [2.45, 2.75) is 20.4 Å². The number of amides is 1. The van der Waals surface area contributed by atoms with E-state index in [1.165, 1.54) is 6.07 Å². The number of pyridine rings is 1. The highest BCUT2D eigenvalue weighted by atomic mass is 19.1. The summed E-state index contributed by atoms with van der Waals surface area (Å²) in [5, 5.41) is 2.68. The van der Waals surface area contributed by atoms with E-state index in [0.29, 0.717) is 12.1 Å². The van der Waals surface area contributed by atoms with E-state index in [9.17, 15) is 9.18 Å². The van der Waals surface area contributed by atoms with Gasteiger partial charge >= 0.3 is 0 Å². The summed E-state index contributed by atoms with van der Waals surface area (Å²) in [7, 11) is 0. The number of nitrogens with one attached hydrogen (secondary N) is 1. The van der Waals surface area contributed by atoms with Gasteiger partial charge < -0.3 is 5.32 Å². The molecule has 3 nitrogen and oxygen atoms in total. The number of benzene rings is 1. The molecule has 0 saturated carbocycles. The van der Waals surface area contributed by atoms with Crippen molar-refractivity contribution < 1.29 is 9.18 Å². The first-order chi connectivity index (χ1) is 9.08. The zero-order chi connectivity index (χ0) is 13.8. The minimum absolute atomic E-state index is 0.0695. The van der Waals surface area contributed by atoms with E-state index < -0.39 is 11.7 Å². The van der Waals surface area contributed by atoms with Gasteiger partial charge in [-0.15, -0.1) is 0 Å². The molecule has 2 rings (SSSR count). The Labute approximate surface area is 111 Å². The Bertz CT molecular complexity index is 594. The van der Waals surface area contributed by atoms with Gasteiger partial charge in [0.25, 0.3) is 5.91 Å². The fourth-order valence-electron chi connectivity index (χ4n) is 1.70. The number of carbonyl (C=O) groups is 1. The van der Waals surface area contributed by atoms with Crippen LogP contribution >= 0.6 is 0 Å². The van der Waals surface area contributed by atoms with Crippen molar-refractivity contribution >= 4 is 5.91 Å². The van der Waals surface area contributed by atoms with Crippen molar-refractivity contribution in [1.29, 1.82) is 0 Å². The number of aromatic nitrogens is 1. The first-order valence-corrected chi connectivity index (χ1v) is 6.03. The molecule has 0 aliphatic rings. The van der Waals surface area contributed by atoms with E-state index >= 15 is 0 Å². The van der Waals surface area contributed by atoms with Crippen molar-refractivity contribution in [3.63, 3.8) is 0 Å². The number of carbonyl (C=O) groups excluding carboxylic acids is 1. The molecule has 1 N–H and O–H groups in total. The molecular weight excluding hydrogens is 243 g/mol. The Morgan fingerprint density at radius 1 is 1.26 bits per heavy atom. The molecule has 1 heterocycles. The fraction of sp³-hybridized carbons (Fsp3) is 0.200. The predicted molar refractivity (Wildman–Crippen MR) is 71.3 cm³/mol. The molecule has 98 valence electrons. The first-order valence-electron chi connectivity index (χ1n) is 6.03. The number of hydrogen-bond donors (Lipinski definition) is 1. The summed E-state index contributed by atoms with van der Waals surface area (Å²) in [6, 6.07) is 8.53. The molecule has 0 unspecified atom stereocenters. The van der Waals surface area contributed by atoms with Crippen molar-refractivity contribution in [2.24, 2.45) is 0 Å². The lowest BCUT2D eigenvalue weighted by Crippen LogP contribution is -2.24. The van der Waals surface area contributed by atoms with Crippen LogP contribution in [0.5, 0.6) is 0 Å².